The monoisotopic (exact) mass is 600 g/mol. The molecule has 0 unspecified atom stereocenters. The maximum absolute atomic E-state index is 13.8. The van der Waals surface area contributed by atoms with Gasteiger partial charge in [-0.2, -0.15) is 13.2 Å². The minimum absolute atomic E-state index is 0.0628. The Morgan fingerprint density at radius 2 is 1.70 bits per heavy atom. The van der Waals surface area contributed by atoms with Crippen LogP contribution in [0.5, 0.6) is 11.5 Å². The zero-order chi connectivity index (χ0) is 30.4. The number of carbonyl (C=O) groups excluding carboxylic acids is 1. The van der Waals surface area contributed by atoms with Crippen LogP contribution in [-0.2, 0) is 11.2 Å². The van der Waals surface area contributed by atoms with Crippen LogP contribution in [0.25, 0.3) is 22.2 Å². The summed E-state index contributed by atoms with van der Waals surface area (Å²) < 4.78 is 52.1. The zero-order valence-corrected chi connectivity index (χ0v) is 25.2. The van der Waals surface area contributed by atoms with Gasteiger partial charge < -0.3 is 24.7 Å². The van der Waals surface area contributed by atoms with Crippen molar-refractivity contribution in [1.29, 1.82) is 0 Å². The third kappa shape index (κ3) is 8.03. The Balaban J connectivity index is 1.21. The number of aromatic amines is 1. The number of nitrogens with one attached hydrogen (secondary N) is 2. The van der Waals surface area contributed by atoms with Crippen LogP contribution in [0.1, 0.15) is 55.6 Å². The zero-order valence-electron chi connectivity index (χ0n) is 25.2. The lowest BCUT2D eigenvalue weighted by atomic mass is 9.88. The van der Waals surface area contributed by atoms with Crippen LogP contribution >= 0.6 is 0 Å². The molecule has 234 valence electrons. The number of hydrogen-bond donors (Lipinski definition) is 2. The first-order valence-electron chi connectivity index (χ1n) is 15.4. The summed E-state index contributed by atoms with van der Waals surface area (Å²) in [6.45, 7) is 6.20. The maximum Gasteiger partial charge on any atom is 0.393 e. The van der Waals surface area contributed by atoms with Crippen LogP contribution < -0.4 is 14.8 Å². The standard InChI is InChI=1S/C33H43F3N4O3/c1-42-29-10-8-25(20-30(29)43-2)32-27(21-33(34,35)36)26-19-24(7-9-28(26)38-32)23-11-17-40(18-12-23)22-31(41)37-13-3-4-14-39-15-5-6-16-39/h7-10,19-20,23,38H,3-6,11-18,21-22H2,1-2H3,(H,37,41). The van der Waals surface area contributed by atoms with E-state index in [9.17, 15) is 18.0 Å². The smallest absolute Gasteiger partial charge is 0.393 e. The Hall–Kier alpha value is -3.24. The fourth-order valence-corrected chi connectivity index (χ4v) is 6.52. The fourth-order valence-electron chi connectivity index (χ4n) is 6.52. The second-order valence-electron chi connectivity index (χ2n) is 11.8. The summed E-state index contributed by atoms with van der Waals surface area (Å²) in [6.07, 6.45) is 1.02. The number of carbonyl (C=O) groups is 1. The number of alkyl halides is 3. The molecule has 2 aliphatic heterocycles. The number of methoxy groups -OCH3 is 2. The Labute approximate surface area is 251 Å². The highest BCUT2D eigenvalue weighted by molar-refractivity contribution is 5.91. The molecule has 1 amide bonds. The molecule has 0 bridgehead atoms. The number of halogens is 3. The summed E-state index contributed by atoms with van der Waals surface area (Å²) >= 11 is 0. The molecule has 10 heteroatoms. The first-order valence-corrected chi connectivity index (χ1v) is 15.4. The number of benzene rings is 2. The van der Waals surface area contributed by atoms with E-state index in [0.717, 1.165) is 50.9 Å². The van der Waals surface area contributed by atoms with Gasteiger partial charge in [0.2, 0.25) is 5.91 Å². The van der Waals surface area contributed by atoms with Crippen molar-refractivity contribution in [1.82, 2.24) is 20.1 Å². The Kier molecular flexibility index (Phi) is 10.2. The lowest BCUT2D eigenvalue weighted by Crippen LogP contribution is -2.41. The summed E-state index contributed by atoms with van der Waals surface area (Å²) in [5.74, 6) is 1.26. The minimum Gasteiger partial charge on any atom is -0.493 e. The van der Waals surface area contributed by atoms with Gasteiger partial charge in [-0.05, 0) is 119 Å². The van der Waals surface area contributed by atoms with Crippen molar-refractivity contribution in [3.63, 3.8) is 0 Å². The van der Waals surface area contributed by atoms with Crippen LogP contribution in [0, 0.1) is 0 Å². The number of aromatic nitrogens is 1. The van der Waals surface area contributed by atoms with Crippen LogP contribution in [0.3, 0.4) is 0 Å². The van der Waals surface area contributed by atoms with Crippen molar-refractivity contribution in [3.05, 3.63) is 47.5 Å². The predicted octanol–water partition coefficient (Wildman–Crippen LogP) is 6.13. The fraction of sp³-hybridized carbons (Fsp3) is 0.545. The SMILES string of the molecule is COc1ccc(-c2[nH]c3ccc(C4CCN(CC(=O)NCCCCN5CCCC5)CC4)cc3c2CC(F)(F)F)cc1OC. The topological polar surface area (TPSA) is 69.8 Å². The molecule has 5 rings (SSSR count). The number of piperidine rings is 1. The number of nitrogens with zero attached hydrogens (tertiary/aromatic N) is 2. The van der Waals surface area contributed by atoms with Gasteiger partial charge in [-0.25, -0.2) is 0 Å². The number of likely N-dealkylation sites (tertiary alicyclic amines) is 2. The molecule has 0 atom stereocenters. The Bertz CT molecular complexity index is 1380. The van der Waals surface area contributed by atoms with Gasteiger partial charge in [0.05, 0.1) is 32.9 Å². The molecule has 3 heterocycles. The maximum atomic E-state index is 13.8. The molecule has 0 saturated carbocycles. The third-order valence-electron chi connectivity index (χ3n) is 8.83. The van der Waals surface area contributed by atoms with Crippen molar-refractivity contribution in [3.8, 4) is 22.8 Å². The molecule has 2 aliphatic rings. The second kappa shape index (κ2) is 14.0. The van der Waals surface area contributed by atoms with E-state index in [-0.39, 0.29) is 17.4 Å². The van der Waals surface area contributed by atoms with Gasteiger partial charge in [0, 0.05) is 23.0 Å². The predicted molar refractivity (Wildman–Crippen MR) is 163 cm³/mol. The number of unbranched alkanes of at least 4 members (excludes halogenated alkanes) is 1. The number of H-pyrrole nitrogens is 1. The molecule has 0 aliphatic carbocycles. The third-order valence-corrected chi connectivity index (χ3v) is 8.83. The number of amides is 1. The summed E-state index contributed by atoms with van der Waals surface area (Å²) in [5.41, 5.74) is 2.97. The van der Waals surface area contributed by atoms with Crippen molar-refractivity contribution in [2.24, 2.45) is 0 Å². The minimum atomic E-state index is -4.36. The average Bonchev–Trinajstić information content (AvgIpc) is 3.64. The van der Waals surface area contributed by atoms with Crippen LogP contribution in [0.15, 0.2) is 36.4 Å². The van der Waals surface area contributed by atoms with Crippen LogP contribution in [0.4, 0.5) is 13.2 Å². The quantitative estimate of drug-likeness (QED) is 0.245. The first-order chi connectivity index (χ1) is 20.7. The van der Waals surface area contributed by atoms with Crippen molar-refractivity contribution >= 4 is 16.8 Å². The van der Waals surface area contributed by atoms with E-state index in [1.54, 1.807) is 18.2 Å². The van der Waals surface area contributed by atoms with Crippen molar-refractivity contribution < 1.29 is 27.4 Å². The molecule has 2 saturated heterocycles. The lowest BCUT2D eigenvalue weighted by Gasteiger charge is -2.31. The lowest BCUT2D eigenvalue weighted by molar-refractivity contribution is -0.127. The van der Waals surface area contributed by atoms with E-state index in [1.165, 1.54) is 40.2 Å². The molecule has 2 fully saturated rings. The molecule has 7 nitrogen and oxygen atoms in total. The Morgan fingerprint density at radius 1 is 0.953 bits per heavy atom. The molecule has 2 aromatic carbocycles. The van der Waals surface area contributed by atoms with Gasteiger partial charge in [0.1, 0.15) is 0 Å². The molecular formula is C33H43F3N4O3. The second-order valence-corrected chi connectivity index (χ2v) is 11.8. The van der Waals surface area contributed by atoms with Crippen LogP contribution in [0.2, 0.25) is 0 Å². The molecule has 1 aromatic heterocycles. The van der Waals surface area contributed by atoms with Gasteiger partial charge in [0.15, 0.2) is 11.5 Å². The number of fused-ring (bicyclic) bond motifs is 1. The highest BCUT2D eigenvalue weighted by Gasteiger charge is 2.32. The van der Waals surface area contributed by atoms with Crippen molar-refractivity contribution in [2.45, 2.75) is 57.0 Å². The molecule has 3 aromatic rings. The molecule has 0 spiro atoms. The van der Waals surface area contributed by atoms with Gasteiger partial charge in [0.25, 0.3) is 0 Å². The van der Waals surface area contributed by atoms with Gasteiger partial charge >= 0.3 is 6.18 Å². The van der Waals surface area contributed by atoms with Gasteiger partial charge in [-0.15, -0.1) is 0 Å². The van der Waals surface area contributed by atoms with E-state index >= 15 is 0 Å². The molecule has 2 N–H and O–H groups in total. The largest absolute Gasteiger partial charge is 0.493 e. The van der Waals surface area contributed by atoms with E-state index in [4.69, 9.17) is 9.47 Å². The van der Waals surface area contributed by atoms with Gasteiger partial charge in [-0.3, -0.25) is 9.69 Å². The molecule has 0 radical (unpaired) electrons. The summed E-state index contributed by atoms with van der Waals surface area (Å²) in [5, 5.41) is 3.65. The van der Waals surface area contributed by atoms with Crippen LogP contribution in [-0.4, -0.2) is 86.9 Å². The van der Waals surface area contributed by atoms with E-state index in [0.29, 0.717) is 46.7 Å². The van der Waals surface area contributed by atoms with Crippen molar-refractivity contribution in [2.75, 3.05) is 60.0 Å². The van der Waals surface area contributed by atoms with E-state index in [1.807, 2.05) is 18.2 Å². The number of ether oxygens (including phenoxy) is 2. The van der Waals surface area contributed by atoms with Gasteiger partial charge in [-0.1, -0.05) is 6.07 Å². The average molecular weight is 601 g/mol. The highest BCUT2D eigenvalue weighted by Crippen LogP contribution is 2.40. The molecular weight excluding hydrogens is 557 g/mol. The number of hydrogen-bond acceptors (Lipinski definition) is 5. The summed E-state index contributed by atoms with van der Waals surface area (Å²) in [4.78, 5) is 20.4. The highest BCUT2D eigenvalue weighted by atomic mass is 19.4. The number of rotatable bonds is 12. The normalized spacial score (nSPS) is 17.0. The summed E-state index contributed by atoms with van der Waals surface area (Å²) in [7, 11) is 3.03. The van der Waals surface area contributed by atoms with E-state index < -0.39 is 12.6 Å². The summed E-state index contributed by atoms with van der Waals surface area (Å²) in [6, 6.07) is 11.0. The molecule has 43 heavy (non-hydrogen) atoms. The Morgan fingerprint density at radius 3 is 2.40 bits per heavy atom. The van der Waals surface area contributed by atoms with E-state index in [2.05, 4.69) is 20.1 Å². The first kappa shape index (κ1) is 31.2.